The third-order valence-corrected chi connectivity index (χ3v) is 3.03. The molecule has 1 aromatic carbocycles. The summed E-state index contributed by atoms with van der Waals surface area (Å²) in [5.41, 5.74) is -1.28. The standard InChI is InChI=1S/C14H19NO5/c1-4-8-14(2,13(19)20-3)15-12(18)9-6-5-7-10(16)11(9)17/h5-7,16-17H,4,8H2,1-3H3,(H,15,18). The topological polar surface area (TPSA) is 95.9 Å². The van der Waals surface area contributed by atoms with E-state index in [-0.39, 0.29) is 5.56 Å². The summed E-state index contributed by atoms with van der Waals surface area (Å²) < 4.78 is 4.69. The number of hydrogen-bond donors (Lipinski definition) is 3. The van der Waals surface area contributed by atoms with Crippen LogP contribution in [-0.4, -0.2) is 34.7 Å². The van der Waals surface area contributed by atoms with Gasteiger partial charge in [-0.15, -0.1) is 0 Å². The van der Waals surface area contributed by atoms with Crippen molar-refractivity contribution in [3.63, 3.8) is 0 Å². The van der Waals surface area contributed by atoms with Crippen LogP contribution in [0.25, 0.3) is 0 Å². The molecule has 6 heteroatoms. The van der Waals surface area contributed by atoms with E-state index in [9.17, 15) is 19.8 Å². The fourth-order valence-electron chi connectivity index (χ4n) is 1.97. The van der Waals surface area contributed by atoms with Crippen molar-refractivity contribution in [1.29, 1.82) is 0 Å². The molecular formula is C14H19NO5. The van der Waals surface area contributed by atoms with Crippen molar-refractivity contribution in [3.8, 4) is 11.5 Å². The smallest absolute Gasteiger partial charge is 0.331 e. The molecule has 0 saturated heterocycles. The Hall–Kier alpha value is -2.24. The number of ether oxygens (including phenoxy) is 1. The quantitative estimate of drug-likeness (QED) is 0.562. The Morgan fingerprint density at radius 3 is 2.55 bits per heavy atom. The van der Waals surface area contributed by atoms with Crippen LogP contribution in [0.4, 0.5) is 0 Å². The predicted octanol–water partition coefficient (Wildman–Crippen LogP) is 1.56. The van der Waals surface area contributed by atoms with E-state index >= 15 is 0 Å². The van der Waals surface area contributed by atoms with Crippen LogP contribution in [0.2, 0.25) is 0 Å². The van der Waals surface area contributed by atoms with Crippen LogP contribution in [0.15, 0.2) is 18.2 Å². The van der Waals surface area contributed by atoms with Crippen molar-refractivity contribution < 1.29 is 24.5 Å². The summed E-state index contributed by atoms with van der Waals surface area (Å²) in [6, 6.07) is 4.05. The molecule has 0 saturated carbocycles. The van der Waals surface area contributed by atoms with Gasteiger partial charge in [0.05, 0.1) is 12.7 Å². The zero-order valence-corrected chi connectivity index (χ0v) is 11.8. The SMILES string of the molecule is CCCC(C)(NC(=O)c1cccc(O)c1O)C(=O)OC. The van der Waals surface area contributed by atoms with E-state index in [0.717, 1.165) is 0 Å². The molecule has 0 aliphatic rings. The molecule has 0 radical (unpaired) electrons. The lowest BCUT2D eigenvalue weighted by Gasteiger charge is -2.27. The molecule has 6 nitrogen and oxygen atoms in total. The third kappa shape index (κ3) is 3.20. The summed E-state index contributed by atoms with van der Waals surface area (Å²) in [6.45, 7) is 3.43. The molecule has 1 aromatic rings. The van der Waals surface area contributed by atoms with Gasteiger partial charge in [0.25, 0.3) is 5.91 Å². The minimum Gasteiger partial charge on any atom is -0.504 e. The minimum absolute atomic E-state index is 0.101. The first-order valence-corrected chi connectivity index (χ1v) is 6.27. The Kier molecular flexibility index (Phi) is 4.96. The van der Waals surface area contributed by atoms with E-state index in [2.05, 4.69) is 5.32 Å². The van der Waals surface area contributed by atoms with Crippen molar-refractivity contribution >= 4 is 11.9 Å². The number of nitrogens with one attached hydrogen (secondary N) is 1. The summed E-state index contributed by atoms with van der Waals surface area (Å²) in [4.78, 5) is 23.9. The largest absolute Gasteiger partial charge is 0.504 e. The van der Waals surface area contributed by atoms with Crippen LogP contribution >= 0.6 is 0 Å². The average Bonchev–Trinajstić information content (AvgIpc) is 2.40. The van der Waals surface area contributed by atoms with Gasteiger partial charge in [0, 0.05) is 0 Å². The van der Waals surface area contributed by atoms with Crippen molar-refractivity contribution in [1.82, 2.24) is 5.32 Å². The van der Waals surface area contributed by atoms with E-state index in [0.29, 0.717) is 12.8 Å². The van der Waals surface area contributed by atoms with Crippen LogP contribution in [0.3, 0.4) is 0 Å². The Morgan fingerprint density at radius 2 is 2.00 bits per heavy atom. The first-order chi connectivity index (χ1) is 9.35. The third-order valence-electron chi connectivity index (χ3n) is 3.03. The van der Waals surface area contributed by atoms with E-state index in [1.165, 1.54) is 25.3 Å². The number of amides is 1. The zero-order valence-electron chi connectivity index (χ0n) is 11.8. The van der Waals surface area contributed by atoms with Gasteiger partial charge in [-0.1, -0.05) is 19.4 Å². The van der Waals surface area contributed by atoms with E-state index in [1.807, 2.05) is 6.92 Å². The molecule has 0 aliphatic carbocycles. The lowest BCUT2D eigenvalue weighted by atomic mass is 9.95. The van der Waals surface area contributed by atoms with Gasteiger partial charge in [-0.25, -0.2) is 4.79 Å². The highest BCUT2D eigenvalue weighted by Gasteiger charge is 2.35. The highest BCUT2D eigenvalue weighted by Crippen LogP contribution is 2.28. The summed E-state index contributed by atoms with van der Waals surface area (Å²) >= 11 is 0. The van der Waals surface area contributed by atoms with Gasteiger partial charge in [0.2, 0.25) is 0 Å². The van der Waals surface area contributed by atoms with Gasteiger partial charge < -0.3 is 20.3 Å². The molecule has 1 atom stereocenters. The number of carbonyl (C=O) groups excluding carboxylic acids is 2. The normalized spacial score (nSPS) is 13.3. The summed E-state index contributed by atoms with van der Waals surface area (Å²) in [6.07, 6.45) is 1.06. The highest BCUT2D eigenvalue weighted by molar-refractivity contribution is 6.00. The van der Waals surface area contributed by atoms with Gasteiger partial charge in [-0.05, 0) is 25.5 Å². The maximum absolute atomic E-state index is 12.1. The van der Waals surface area contributed by atoms with Crippen molar-refractivity contribution in [2.45, 2.75) is 32.2 Å². The van der Waals surface area contributed by atoms with Crippen molar-refractivity contribution in [2.24, 2.45) is 0 Å². The number of hydrogen-bond acceptors (Lipinski definition) is 5. The Morgan fingerprint density at radius 1 is 1.35 bits per heavy atom. The first kappa shape index (κ1) is 15.8. The number of carbonyl (C=O) groups is 2. The molecule has 0 aromatic heterocycles. The van der Waals surface area contributed by atoms with Crippen LogP contribution in [0.1, 0.15) is 37.0 Å². The second-order valence-corrected chi connectivity index (χ2v) is 4.70. The number of phenols is 2. The Balaban J connectivity index is 3.03. The van der Waals surface area contributed by atoms with Crippen molar-refractivity contribution in [3.05, 3.63) is 23.8 Å². The molecule has 110 valence electrons. The predicted molar refractivity (Wildman–Crippen MR) is 72.6 cm³/mol. The van der Waals surface area contributed by atoms with Crippen molar-refractivity contribution in [2.75, 3.05) is 7.11 Å². The molecular weight excluding hydrogens is 262 g/mol. The molecule has 0 spiro atoms. The van der Waals surface area contributed by atoms with Gasteiger partial charge in [-0.3, -0.25) is 4.79 Å². The lowest BCUT2D eigenvalue weighted by Crippen LogP contribution is -2.52. The van der Waals surface area contributed by atoms with Crippen LogP contribution < -0.4 is 5.32 Å². The number of esters is 1. The second-order valence-electron chi connectivity index (χ2n) is 4.70. The van der Waals surface area contributed by atoms with E-state index in [1.54, 1.807) is 6.92 Å². The average molecular weight is 281 g/mol. The van der Waals surface area contributed by atoms with Gasteiger partial charge in [0.15, 0.2) is 11.5 Å². The van der Waals surface area contributed by atoms with Gasteiger partial charge in [-0.2, -0.15) is 0 Å². The Bertz CT molecular complexity index is 514. The number of methoxy groups -OCH3 is 1. The molecule has 0 aliphatic heterocycles. The fourth-order valence-corrected chi connectivity index (χ4v) is 1.97. The molecule has 1 unspecified atom stereocenters. The van der Waals surface area contributed by atoms with Gasteiger partial charge in [0.1, 0.15) is 5.54 Å². The maximum Gasteiger partial charge on any atom is 0.331 e. The van der Waals surface area contributed by atoms with E-state index in [4.69, 9.17) is 4.74 Å². The molecule has 0 heterocycles. The van der Waals surface area contributed by atoms with E-state index < -0.39 is 28.9 Å². The molecule has 20 heavy (non-hydrogen) atoms. The monoisotopic (exact) mass is 281 g/mol. The van der Waals surface area contributed by atoms with Crippen LogP contribution in [0, 0.1) is 0 Å². The summed E-state index contributed by atoms with van der Waals surface area (Å²) in [5, 5.41) is 21.6. The number of para-hydroxylation sites is 1. The molecule has 3 N–H and O–H groups in total. The van der Waals surface area contributed by atoms with Gasteiger partial charge >= 0.3 is 5.97 Å². The second kappa shape index (κ2) is 6.27. The first-order valence-electron chi connectivity index (χ1n) is 6.27. The summed E-state index contributed by atoms with van der Waals surface area (Å²) in [7, 11) is 1.24. The number of rotatable bonds is 5. The summed E-state index contributed by atoms with van der Waals surface area (Å²) in [5.74, 6) is -2.13. The molecule has 0 fully saturated rings. The lowest BCUT2D eigenvalue weighted by molar-refractivity contribution is -0.147. The van der Waals surface area contributed by atoms with Crippen LogP contribution in [-0.2, 0) is 9.53 Å². The number of aromatic hydroxyl groups is 2. The molecule has 0 bridgehead atoms. The number of benzene rings is 1. The maximum atomic E-state index is 12.1. The van der Waals surface area contributed by atoms with Crippen LogP contribution in [0.5, 0.6) is 11.5 Å². The highest BCUT2D eigenvalue weighted by atomic mass is 16.5. The molecule has 1 amide bonds. The number of phenolic OH excluding ortho intramolecular Hbond substituents is 2. The zero-order chi connectivity index (χ0) is 15.3. The Labute approximate surface area is 117 Å². The fraction of sp³-hybridized carbons (Fsp3) is 0.429. The minimum atomic E-state index is -1.18. The molecule has 1 rings (SSSR count).